The van der Waals surface area contributed by atoms with E-state index >= 15 is 0 Å². The van der Waals surface area contributed by atoms with Gasteiger partial charge >= 0.3 is 0 Å². The molecule has 2 aromatic heterocycles. The zero-order chi connectivity index (χ0) is 22.2. The molecule has 0 aliphatic heterocycles. The van der Waals surface area contributed by atoms with Gasteiger partial charge in [0, 0.05) is 22.2 Å². The monoisotopic (exact) mass is 442 g/mol. The van der Waals surface area contributed by atoms with E-state index in [0.29, 0.717) is 38.1 Å². The van der Waals surface area contributed by atoms with Gasteiger partial charge in [0.05, 0.1) is 28.1 Å². The number of fused-ring (bicyclic) bond motifs is 3. The predicted octanol–water partition coefficient (Wildman–Crippen LogP) is 5.01. The quantitative estimate of drug-likeness (QED) is 0.410. The summed E-state index contributed by atoms with van der Waals surface area (Å²) in [6.07, 6.45) is 1.56. The summed E-state index contributed by atoms with van der Waals surface area (Å²) in [5, 5.41) is 7.93. The minimum atomic E-state index is -0.218. The summed E-state index contributed by atoms with van der Waals surface area (Å²) in [6.45, 7) is 1.94. The zero-order valence-corrected chi connectivity index (χ0v) is 17.9. The molecule has 158 valence electrons. The van der Waals surface area contributed by atoms with Gasteiger partial charge in [0.1, 0.15) is 0 Å². The van der Waals surface area contributed by atoms with Crippen molar-refractivity contribution in [3.8, 4) is 5.69 Å². The fourth-order valence-corrected chi connectivity index (χ4v) is 3.90. The minimum absolute atomic E-state index is 0.140. The number of carbonyl (C=O) groups excluding carboxylic acids is 1. The summed E-state index contributed by atoms with van der Waals surface area (Å²) in [7, 11) is 0. The predicted molar refractivity (Wildman–Crippen MR) is 127 cm³/mol. The molecular weight excluding hydrogens is 424 g/mol. The average molecular weight is 443 g/mol. The Kier molecular flexibility index (Phi) is 4.99. The normalized spacial score (nSPS) is 12.2. The Labute approximate surface area is 188 Å². The number of rotatable bonds is 4. The van der Waals surface area contributed by atoms with Crippen LogP contribution >= 0.6 is 11.6 Å². The van der Waals surface area contributed by atoms with Gasteiger partial charge < -0.3 is 5.32 Å². The van der Waals surface area contributed by atoms with E-state index in [1.807, 2.05) is 37.3 Å². The maximum absolute atomic E-state index is 13.0. The first kappa shape index (κ1) is 20.0. The van der Waals surface area contributed by atoms with E-state index in [1.54, 1.807) is 48.7 Å². The summed E-state index contributed by atoms with van der Waals surface area (Å²) in [4.78, 5) is 30.3. The van der Waals surface area contributed by atoms with Crippen molar-refractivity contribution in [2.45, 2.75) is 13.0 Å². The van der Waals surface area contributed by atoms with Crippen LogP contribution in [0.25, 0.3) is 27.5 Å². The lowest BCUT2D eigenvalue weighted by Crippen LogP contribution is -2.26. The van der Waals surface area contributed by atoms with Crippen molar-refractivity contribution in [3.63, 3.8) is 0 Å². The topological polar surface area (TPSA) is 79.8 Å². The second kappa shape index (κ2) is 7.98. The number of amides is 1. The van der Waals surface area contributed by atoms with Crippen LogP contribution in [-0.2, 0) is 0 Å². The number of nitrogens with one attached hydrogen (secondary N) is 2. The number of carbonyl (C=O) groups is 1. The fraction of sp³-hybridized carbons (Fsp3) is 0.0800. The van der Waals surface area contributed by atoms with Crippen LogP contribution in [0, 0.1) is 0 Å². The van der Waals surface area contributed by atoms with Gasteiger partial charge in [0.2, 0.25) is 0 Å². The van der Waals surface area contributed by atoms with E-state index in [9.17, 15) is 9.59 Å². The van der Waals surface area contributed by atoms with Gasteiger partial charge in [-0.15, -0.1) is 0 Å². The smallest absolute Gasteiger partial charge is 0.280 e. The molecule has 0 spiro atoms. The summed E-state index contributed by atoms with van der Waals surface area (Å²) < 4.78 is 1.45. The fourth-order valence-electron chi connectivity index (χ4n) is 3.78. The molecule has 5 aromatic rings. The molecule has 3 aromatic carbocycles. The van der Waals surface area contributed by atoms with Crippen molar-refractivity contribution in [1.29, 1.82) is 0 Å². The Balaban J connectivity index is 1.56. The average Bonchev–Trinajstić information content (AvgIpc) is 3.16. The Hall–Kier alpha value is -3.90. The Morgan fingerprint density at radius 3 is 2.53 bits per heavy atom. The first-order chi connectivity index (χ1) is 15.5. The standard InChI is InChI=1S/C25H19ClN4O2/c1-15(16-5-3-2-4-6-16)28-24(31)17-7-12-22-20(13-17)23-21(14-27-22)25(32)30(29-23)19-10-8-18(26)9-11-19/h2-15,29H,1H3,(H,28,31). The summed E-state index contributed by atoms with van der Waals surface area (Å²) in [5.74, 6) is -0.195. The largest absolute Gasteiger partial charge is 0.346 e. The Morgan fingerprint density at radius 2 is 1.78 bits per heavy atom. The van der Waals surface area contributed by atoms with E-state index < -0.39 is 0 Å². The lowest BCUT2D eigenvalue weighted by atomic mass is 10.1. The number of H-pyrrole nitrogens is 1. The van der Waals surface area contributed by atoms with Crippen molar-refractivity contribution in [2.24, 2.45) is 0 Å². The lowest BCUT2D eigenvalue weighted by Gasteiger charge is -2.14. The van der Waals surface area contributed by atoms with Gasteiger partial charge in [0.25, 0.3) is 11.5 Å². The maximum atomic E-state index is 13.0. The molecule has 0 saturated heterocycles. The molecular formula is C25H19ClN4O2. The first-order valence-corrected chi connectivity index (χ1v) is 10.5. The minimum Gasteiger partial charge on any atom is -0.346 e. The molecule has 6 nitrogen and oxygen atoms in total. The van der Waals surface area contributed by atoms with E-state index in [0.717, 1.165) is 5.56 Å². The zero-order valence-electron chi connectivity index (χ0n) is 17.2. The van der Waals surface area contributed by atoms with Crippen LogP contribution in [0.5, 0.6) is 0 Å². The molecule has 0 aliphatic rings. The van der Waals surface area contributed by atoms with Crippen molar-refractivity contribution < 1.29 is 4.79 Å². The molecule has 0 aliphatic carbocycles. The van der Waals surface area contributed by atoms with Gasteiger partial charge in [-0.05, 0) is 55.0 Å². The number of hydrogen-bond acceptors (Lipinski definition) is 3. The molecule has 7 heteroatoms. The summed E-state index contributed by atoms with van der Waals surface area (Å²) in [6, 6.07) is 21.9. The van der Waals surface area contributed by atoms with Crippen LogP contribution in [0.2, 0.25) is 5.02 Å². The number of benzene rings is 3. The van der Waals surface area contributed by atoms with Crippen LogP contribution in [0.4, 0.5) is 0 Å². The highest BCUT2D eigenvalue weighted by atomic mass is 35.5. The van der Waals surface area contributed by atoms with E-state index in [4.69, 9.17) is 11.6 Å². The highest BCUT2D eigenvalue weighted by molar-refractivity contribution is 6.30. The van der Waals surface area contributed by atoms with Crippen molar-refractivity contribution >= 4 is 39.3 Å². The molecule has 0 bridgehead atoms. The number of halogens is 1. The number of nitrogens with zero attached hydrogens (tertiary/aromatic N) is 2. The second-order valence-electron chi connectivity index (χ2n) is 7.61. The second-order valence-corrected chi connectivity index (χ2v) is 8.05. The molecule has 1 atom stereocenters. The van der Waals surface area contributed by atoms with E-state index in [-0.39, 0.29) is 17.5 Å². The molecule has 0 radical (unpaired) electrons. The van der Waals surface area contributed by atoms with Crippen LogP contribution in [0.15, 0.2) is 83.8 Å². The van der Waals surface area contributed by atoms with Crippen LogP contribution < -0.4 is 10.9 Å². The van der Waals surface area contributed by atoms with Gasteiger partial charge in [-0.25, -0.2) is 4.68 Å². The molecule has 0 fully saturated rings. The third-order valence-corrected chi connectivity index (χ3v) is 5.77. The number of aromatic nitrogens is 3. The summed E-state index contributed by atoms with van der Waals surface area (Å²) >= 11 is 5.97. The van der Waals surface area contributed by atoms with Gasteiger partial charge in [-0.3, -0.25) is 19.7 Å². The van der Waals surface area contributed by atoms with Gasteiger partial charge in [0.15, 0.2) is 0 Å². The Morgan fingerprint density at radius 1 is 1.03 bits per heavy atom. The molecule has 5 rings (SSSR count). The number of aromatic amines is 1. The third kappa shape index (κ3) is 3.55. The van der Waals surface area contributed by atoms with Crippen LogP contribution in [0.1, 0.15) is 28.9 Å². The van der Waals surface area contributed by atoms with Crippen LogP contribution in [0.3, 0.4) is 0 Å². The lowest BCUT2D eigenvalue weighted by molar-refractivity contribution is 0.0940. The van der Waals surface area contributed by atoms with Crippen molar-refractivity contribution in [2.75, 3.05) is 0 Å². The number of hydrogen-bond donors (Lipinski definition) is 2. The third-order valence-electron chi connectivity index (χ3n) is 5.52. The van der Waals surface area contributed by atoms with E-state index in [2.05, 4.69) is 15.4 Å². The molecule has 2 heterocycles. The van der Waals surface area contributed by atoms with Gasteiger partial charge in [-0.1, -0.05) is 41.9 Å². The molecule has 32 heavy (non-hydrogen) atoms. The summed E-state index contributed by atoms with van der Waals surface area (Å²) in [5.41, 5.74) is 3.28. The molecule has 1 amide bonds. The van der Waals surface area contributed by atoms with Crippen molar-refractivity contribution in [3.05, 3.63) is 105 Å². The molecule has 1 unspecified atom stereocenters. The van der Waals surface area contributed by atoms with Crippen LogP contribution in [-0.4, -0.2) is 20.7 Å². The molecule has 0 saturated carbocycles. The Bertz CT molecular complexity index is 1500. The highest BCUT2D eigenvalue weighted by Gasteiger charge is 2.16. The van der Waals surface area contributed by atoms with Crippen molar-refractivity contribution in [1.82, 2.24) is 20.1 Å². The highest BCUT2D eigenvalue weighted by Crippen LogP contribution is 2.23. The SMILES string of the molecule is CC(NC(=O)c1ccc2ncc3c(=O)n(-c4ccc(Cl)cc4)[nH]c3c2c1)c1ccccc1. The van der Waals surface area contributed by atoms with E-state index in [1.165, 1.54) is 4.68 Å². The molecule has 2 N–H and O–H groups in total. The first-order valence-electron chi connectivity index (χ1n) is 10.2. The number of pyridine rings is 1. The van der Waals surface area contributed by atoms with Gasteiger partial charge in [-0.2, -0.15) is 0 Å². The maximum Gasteiger partial charge on any atom is 0.280 e.